The molecular formula is C16H20FNO4. The Labute approximate surface area is 129 Å². The first kappa shape index (κ1) is 17.8. The maximum atomic E-state index is 13.1. The normalized spacial score (nSPS) is 11.6. The van der Waals surface area contributed by atoms with Gasteiger partial charge in [-0.1, -0.05) is 18.2 Å². The van der Waals surface area contributed by atoms with E-state index in [4.69, 9.17) is 9.47 Å². The summed E-state index contributed by atoms with van der Waals surface area (Å²) < 4.78 is 23.0. The Bertz CT molecular complexity index is 533. The fourth-order valence-electron chi connectivity index (χ4n) is 1.64. The predicted octanol–water partition coefficient (Wildman–Crippen LogP) is 1.92. The molecule has 6 heteroatoms. The van der Waals surface area contributed by atoms with Gasteiger partial charge in [0.15, 0.2) is 12.7 Å². The van der Waals surface area contributed by atoms with Gasteiger partial charge in [0, 0.05) is 13.6 Å². The molecule has 0 spiro atoms. The van der Waals surface area contributed by atoms with E-state index in [0.29, 0.717) is 5.56 Å². The number of ether oxygens (including phenoxy) is 2. The molecule has 1 rings (SSSR count). The number of carbonyl (C=O) groups is 2. The van der Waals surface area contributed by atoms with E-state index in [1.165, 1.54) is 30.0 Å². The number of halogens is 1. The van der Waals surface area contributed by atoms with Crippen LogP contribution in [0.1, 0.15) is 12.5 Å². The summed E-state index contributed by atoms with van der Waals surface area (Å²) in [7, 11) is 1.55. The molecule has 0 saturated carbocycles. The average Bonchev–Trinajstić information content (AvgIpc) is 2.49. The van der Waals surface area contributed by atoms with Crippen LogP contribution in [0.25, 0.3) is 0 Å². The molecule has 0 aliphatic rings. The van der Waals surface area contributed by atoms with Gasteiger partial charge in [-0.15, -0.1) is 6.58 Å². The highest BCUT2D eigenvalue weighted by Crippen LogP contribution is 2.06. The minimum absolute atomic E-state index is 0.226. The van der Waals surface area contributed by atoms with Crippen molar-refractivity contribution in [3.05, 3.63) is 48.3 Å². The second-order valence-corrected chi connectivity index (χ2v) is 4.75. The molecule has 0 heterocycles. The molecule has 0 aliphatic heterocycles. The first-order valence-corrected chi connectivity index (χ1v) is 6.81. The molecule has 0 saturated heterocycles. The van der Waals surface area contributed by atoms with Crippen LogP contribution >= 0.6 is 0 Å². The van der Waals surface area contributed by atoms with Crippen LogP contribution in [-0.4, -0.2) is 43.1 Å². The topological polar surface area (TPSA) is 55.8 Å². The molecule has 120 valence electrons. The molecule has 1 aromatic rings. The van der Waals surface area contributed by atoms with Gasteiger partial charge in [0.2, 0.25) is 0 Å². The van der Waals surface area contributed by atoms with Gasteiger partial charge in [0.1, 0.15) is 5.82 Å². The fourth-order valence-corrected chi connectivity index (χ4v) is 1.64. The fraction of sp³-hybridized carbons (Fsp3) is 0.375. The van der Waals surface area contributed by atoms with Gasteiger partial charge in [-0.3, -0.25) is 4.79 Å². The van der Waals surface area contributed by atoms with Crippen molar-refractivity contribution in [1.82, 2.24) is 4.90 Å². The van der Waals surface area contributed by atoms with Crippen LogP contribution < -0.4 is 0 Å². The predicted molar refractivity (Wildman–Crippen MR) is 79.4 cm³/mol. The van der Waals surface area contributed by atoms with Gasteiger partial charge < -0.3 is 14.4 Å². The molecular weight excluding hydrogens is 289 g/mol. The summed E-state index contributed by atoms with van der Waals surface area (Å²) in [5.41, 5.74) is 0.657. The molecule has 0 radical (unpaired) electrons. The number of benzene rings is 1. The van der Waals surface area contributed by atoms with E-state index in [0.717, 1.165) is 0 Å². The van der Waals surface area contributed by atoms with Gasteiger partial charge in [0.05, 0.1) is 6.61 Å². The summed E-state index contributed by atoms with van der Waals surface area (Å²) in [6, 6.07) is 5.96. The second kappa shape index (κ2) is 8.94. The first-order chi connectivity index (χ1) is 10.4. The monoisotopic (exact) mass is 309 g/mol. The number of hydrogen-bond donors (Lipinski definition) is 0. The largest absolute Gasteiger partial charge is 0.454 e. The zero-order chi connectivity index (χ0) is 16.5. The van der Waals surface area contributed by atoms with Gasteiger partial charge in [-0.05, 0) is 24.6 Å². The van der Waals surface area contributed by atoms with Crippen LogP contribution in [0.2, 0.25) is 0 Å². The standard InChI is InChI=1S/C16H20FNO4/c1-4-8-21-12(2)16(20)22-11-15(19)18(3)10-13-6-5-7-14(17)9-13/h4-7,9,12H,1,8,10-11H2,2-3H3. The van der Waals surface area contributed by atoms with E-state index < -0.39 is 12.1 Å². The number of carbonyl (C=O) groups excluding carboxylic acids is 2. The molecule has 1 aromatic carbocycles. The zero-order valence-electron chi connectivity index (χ0n) is 12.8. The van der Waals surface area contributed by atoms with Gasteiger partial charge in [-0.25, -0.2) is 9.18 Å². The summed E-state index contributed by atoms with van der Waals surface area (Å²) >= 11 is 0. The van der Waals surface area contributed by atoms with Crippen molar-refractivity contribution in [3.63, 3.8) is 0 Å². The van der Waals surface area contributed by atoms with Crippen molar-refractivity contribution >= 4 is 11.9 Å². The van der Waals surface area contributed by atoms with Crippen molar-refractivity contribution < 1.29 is 23.5 Å². The van der Waals surface area contributed by atoms with E-state index in [1.807, 2.05) is 0 Å². The summed E-state index contributed by atoms with van der Waals surface area (Å²) in [5.74, 6) is -1.36. The number of amides is 1. The molecule has 5 nitrogen and oxygen atoms in total. The lowest BCUT2D eigenvalue weighted by Crippen LogP contribution is -2.33. The summed E-state index contributed by atoms with van der Waals surface area (Å²) in [4.78, 5) is 24.8. The maximum absolute atomic E-state index is 13.1. The minimum Gasteiger partial charge on any atom is -0.454 e. The average molecular weight is 309 g/mol. The molecule has 0 fully saturated rings. The van der Waals surface area contributed by atoms with Crippen molar-refractivity contribution in [1.29, 1.82) is 0 Å². The van der Waals surface area contributed by atoms with E-state index in [9.17, 15) is 14.0 Å². The molecule has 0 bridgehead atoms. The smallest absolute Gasteiger partial charge is 0.335 e. The van der Waals surface area contributed by atoms with Crippen LogP contribution in [0.3, 0.4) is 0 Å². The summed E-state index contributed by atoms with van der Waals surface area (Å²) in [6.07, 6.45) is 0.751. The highest BCUT2D eigenvalue weighted by Gasteiger charge is 2.17. The van der Waals surface area contributed by atoms with Crippen molar-refractivity contribution in [3.8, 4) is 0 Å². The Morgan fingerprint density at radius 2 is 2.18 bits per heavy atom. The van der Waals surface area contributed by atoms with Crippen LogP contribution in [0.5, 0.6) is 0 Å². The number of esters is 1. The third kappa shape index (κ3) is 6.05. The molecule has 0 N–H and O–H groups in total. The lowest BCUT2D eigenvalue weighted by Gasteiger charge is -2.18. The highest BCUT2D eigenvalue weighted by molar-refractivity contribution is 5.81. The summed E-state index contributed by atoms with van der Waals surface area (Å²) in [5, 5.41) is 0. The van der Waals surface area contributed by atoms with Crippen molar-refractivity contribution in [2.24, 2.45) is 0 Å². The van der Waals surface area contributed by atoms with Gasteiger partial charge in [-0.2, -0.15) is 0 Å². The van der Waals surface area contributed by atoms with Crippen LogP contribution in [0.4, 0.5) is 4.39 Å². The Morgan fingerprint density at radius 3 is 2.82 bits per heavy atom. The van der Waals surface area contributed by atoms with Crippen molar-refractivity contribution in [2.45, 2.75) is 19.6 Å². The Kier molecular flexibility index (Phi) is 7.25. The Balaban J connectivity index is 2.41. The zero-order valence-corrected chi connectivity index (χ0v) is 12.8. The van der Waals surface area contributed by atoms with E-state index >= 15 is 0 Å². The highest BCUT2D eigenvalue weighted by atomic mass is 19.1. The lowest BCUT2D eigenvalue weighted by molar-refractivity contribution is -0.160. The van der Waals surface area contributed by atoms with Crippen molar-refractivity contribution in [2.75, 3.05) is 20.3 Å². The molecule has 1 amide bonds. The third-order valence-corrected chi connectivity index (χ3v) is 2.87. The lowest BCUT2D eigenvalue weighted by atomic mass is 10.2. The molecule has 1 atom stereocenters. The third-order valence-electron chi connectivity index (χ3n) is 2.87. The number of nitrogens with zero attached hydrogens (tertiary/aromatic N) is 1. The second-order valence-electron chi connectivity index (χ2n) is 4.75. The SMILES string of the molecule is C=CCOC(C)C(=O)OCC(=O)N(C)Cc1cccc(F)c1. The van der Waals surface area contributed by atoms with Gasteiger partial charge in [0.25, 0.3) is 5.91 Å². The van der Waals surface area contributed by atoms with E-state index in [-0.39, 0.29) is 31.5 Å². The minimum atomic E-state index is -0.765. The summed E-state index contributed by atoms with van der Waals surface area (Å²) in [6.45, 7) is 5.08. The molecule has 1 unspecified atom stereocenters. The molecule has 22 heavy (non-hydrogen) atoms. The van der Waals surface area contributed by atoms with Crippen LogP contribution in [0, 0.1) is 5.82 Å². The Morgan fingerprint density at radius 1 is 1.45 bits per heavy atom. The quantitative estimate of drug-likeness (QED) is 0.544. The van der Waals surface area contributed by atoms with E-state index in [2.05, 4.69) is 6.58 Å². The van der Waals surface area contributed by atoms with Crippen LogP contribution in [-0.2, 0) is 25.6 Å². The molecule has 0 aliphatic carbocycles. The van der Waals surface area contributed by atoms with E-state index in [1.54, 1.807) is 19.2 Å². The number of hydrogen-bond acceptors (Lipinski definition) is 4. The Hall–Kier alpha value is -2.21. The first-order valence-electron chi connectivity index (χ1n) is 6.81. The van der Waals surface area contributed by atoms with Gasteiger partial charge >= 0.3 is 5.97 Å². The number of likely N-dealkylation sites (N-methyl/N-ethyl adjacent to an activating group) is 1. The maximum Gasteiger partial charge on any atom is 0.335 e. The van der Waals surface area contributed by atoms with Crippen LogP contribution in [0.15, 0.2) is 36.9 Å². The number of rotatable bonds is 8. The molecule has 0 aromatic heterocycles.